The van der Waals surface area contributed by atoms with Gasteiger partial charge in [-0.3, -0.25) is 4.79 Å². The molecule has 3 aromatic rings. The lowest BCUT2D eigenvalue weighted by Gasteiger charge is -2.02. The van der Waals surface area contributed by atoms with Crippen molar-refractivity contribution >= 4 is 45.9 Å². The number of halogens is 1. The van der Waals surface area contributed by atoms with Gasteiger partial charge < -0.3 is 5.32 Å². The zero-order valence-corrected chi connectivity index (χ0v) is 14.9. The summed E-state index contributed by atoms with van der Waals surface area (Å²) in [6.07, 6.45) is 1.49. The average Bonchev–Trinajstić information content (AvgIpc) is 2.95. The van der Waals surface area contributed by atoms with Gasteiger partial charge in [0, 0.05) is 11.3 Å². The molecule has 0 saturated heterocycles. The van der Waals surface area contributed by atoms with Gasteiger partial charge in [0.25, 0.3) is 5.91 Å². The van der Waals surface area contributed by atoms with E-state index >= 15 is 0 Å². The number of thiazole rings is 1. The summed E-state index contributed by atoms with van der Waals surface area (Å²) < 4.78 is 0. The Morgan fingerprint density at radius 3 is 2.64 bits per heavy atom. The Morgan fingerprint density at radius 2 is 1.88 bits per heavy atom. The molecule has 0 unspecified atom stereocenters. The van der Waals surface area contributed by atoms with Crippen LogP contribution >= 0.6 is 22.9 Å². The number of rotatable bonds is 5. The zero-order valence-electron chi connectivity index (χ0n) is 13.4. The first-order valence-electron chi connectivity index (χ1n) is 7.51. The van der Waals surface area contributed by atoms with E-state index < -0.39 is 0 Å². The van der Waals surface area contributed by atoms with Gasteiger partial charge in [-0.15, -0.1) is 0 Å². The predicted molar refractivity (Wildman–Crippen MR) is 103 cm³/mol. The molecule has 0 aliphatic heterocycles. The molecule has 0 fully saturated rings. The average molecular weight is 371 g/mol. The van der Waals surface area contributed by atoms with Crippen molar-refractivity contribution in [1.82, 2.24) is 10.4 Å². The number of amides is 1. The number of anilines is 2. The van der Waals surface area contributed by atoms with Gasteiger partial charge in [0.15, 0.2) is 10.3 Å². The minimum absolute atomic E-state index is 0.266. The highest BCUT2D eigenvalue weighted by Crippen LogP contribution is 2.27. The van der Waals surface area contributed by atoms with Crippen LogP contribution in [-0.2, 0) is 0 Å². The largest absolute Gasteiger partial charge is 0.331 e. The molecular formula is C18H15ClN4OS. The van der Waals surface area contributed by atoms with Crippen LogP contribution < -0.4 is 10.7 Å². The minimum Gasteiger partial charge on any atom is -0.331 e. The number of aryl methyl sites for hydroxylation is 1. The first-order chi connectivity index (χ1) is 12.1. The molecule has 0 atom stereocenters. The summed E-state index contributed by atoms with van der Waals surface area (Å²) in [6, 6.07) is 17.0. The number of carbonyl (C=O) groups is 1. The number of benzene rings is 2. The molecule has 25 heavy (non-hydrogen) atoms. The number of nitrogens with zero attached hydrogens (tertiary/aromatic N) is 2. The van der Waals surface area contributed by atoms with Crippen LogP contribution in [0.4, 0.5) is 10.8 Å². The standard InChI is InChI=1S/C18H15ClN4OS/c1-12-7-5-6-10-14(12)17(24)23-20-11-15-16(19)22-18(25-15)21-13-8-3-2-4-9-13/h2-11H,1H3,(H,21,22)(H,23,24)/b20-11+. The Bertz CT molecular complexity index is 908. The van der Waals surface area contributed by atoms with E-state index in [2.05, 4.69) is 20.8 Å². The first kappa shape index (κ1) is 17.1. The minimum atomic E-state index is -0.266. The molecule has 0 saturated carbocycles. The predicted octanol–water partition coefficient (Wildman–Crippen LogP) is 4.61. The molecule has 5 nitrogen and oxygen atoms in total. The van der Waals surface area contributed by atoms with E-state index in [0.717, 1.165) is 11.3 Å². The molecule has 1 amide bonds. The first-order valence-corrected chi connectivity index (χ1v) is 8.70. The Balaban J connectivity index is 1.66. The van der Waals surface area contributed by atoms with Crippen LogP contribution in [-0.4, -0.2) is 17.1 Å². The monoisotopic (exact) mass is 370 g/mol. The Kier molecular flexibility index (Phi) is 5.42. The molecular weight excluding hydrogens is 356 g/mol. The number of nitrogens with one attached hydrogen (secondary N) is 2. The maximum absolute atomic E-state index is 12.1. The SMILES string of the molecule is Cc1ccccc1C(=O)N/N=C/c1sc(Nc2ccccc2)nc1Cl. The third kappa shape index (κ3) is 4.43. The van der Waals surface area contributed by atoms with Crippen LogP contribution in [0.25, 0.3) is 0 Å². The number of hydrogen-bond acceptors (Lipinski definition) is 5. The molecule has 0 aliphatic rings. The lowest BCUT2D eigenvalue weighted by atomic mass is 10.1. The van der Waals surface area contributed by atoms with E-state index in [1.54, 1.807) is 6.07 Å². The van der Waals surface area contributed by atoms with Gasteiger partial charge >= 0.3 is 0 Å². The van der Waals surface area contributed by atoms with Crippen molar-refractivity contribution in [1.29, 1.82) is 0 Å². The Labute approximate surface area is 154 Å². The van der Waals surface area contributed by atoms with Crippen molar-refractivity contribution in [3.63, 3.8) is 0 Å². The second kappa shape index (κ2) is 7.92. The van der Waals surface area contributed by atoms with Crippen molar-refractivity contribution in [2.45, 2.75) is 6.92 Å². The molecule has 0 radical (unpaired) electrons. The summed E-state index contributed by atoms with van der Waals surface area (Å²) in [4.78, 5) is 17.0. The summed E-state index contributed by atoms with van der Waals surface area (Å²) >= 11 is 7.47. The van der Waals surface area contributed by atoms with E-state index in [4.69, 9.17) is 11.6 Å². The lowest BCUT2D eigenvalue weighted by molar-refractivity contribution is 0.0954. The van der Waals surface area contributed by atoms with Gasteiger partial charge in [-0.2, -0.15) is 5.10 Å². The molecule has 126 valence electrons. The van der Waals surface area contributed by atoms with Crippen LogP contribution in [0, 0.1) is 6.92 Å². The molecule has 7 heteroatoms. The third-order valence-electron chi connectivity index (χ3n) is 3.37. The normalized spacial score (nSPS) is 10.8. The number of hydrogen-bond donors (Lipinski definition) is 2. The summed E-state index contributed by atoms with van der Waals surface area (Å²) in [7, 11) is 0. The number of para-hydroxylation sites is 1. The fourth-order valence-electron chi connectivity index (χ4n) is 2.13. The van der Waals surface area contributed by atoms with Gasteiger partial charge in [-0.25, -0.2) is 10.4 Å². The second-order valence-electron chi connectivity index (χ2n) is 5.18. The second-order valence-corrected chi connectivity index (χ2v) is 6.57. The van der Waals surface area contributed by atoms with Gasteiger partial charge in [0.05, 0.1) is 11.1 Å². The molecule has 0 spiro atoms. The smallest absolute Gasteiger partial charge is 0.271 e. The fraction of sp³-hybridized carbons (Fsp3) is 0.0556. The van der Waals surface area contributed by atoms with Crippen LogP contribution in [0.15, 0.2) is 59.7 Å². The fourth-order valence-corrected chi connectivity index (χ4v) is 3.18. The van der Waals surface area contributed by atoms with Crippen LogP contribution in [0.2, 0.25) is 5.15 Å². The van der Waals surface area contributed by atoms with Crippen molar-refractivity contribution < 1.29 is 4.79 Å². The summed E-state index contributed by atoms with van der Waals surface area (Å²) in [5, 5.41) is 8.13. The van der Waals surface area contributed by atoms with Crippen molar-refractivity contribution in [3.05, 3.63) is 75.8 Å². The van der Waals surface area contributed by atoms with Gasteiger partial charge in [0.2, 0.25) is 0 Å². The van der Waals surface area contributed by atoms with E-state index in [0.29, 0.717) is 20.7 Å². The quantitative estimate of drug-likeness (QED) is 0.509. The third-order valence-corrected chi connectivity index (χ3v) is 4.68. The highest BCUT2D eigenvalue weighted by Gasteiger charge is 2.09. The number of hydrazone groups is 1. The summed E-state index contributed by atoms with van der Waals surface area (Å²) in [6.45, 7) is 1.88. The molecule has 0 aliphatic carbocycles. The maximum atomic E-state index is 12.1. The summed E-state index contributed by atoms with van der Waals surface area (Å²) in [5.41, 5.74) is 4.90. The van der Waals surface area contributed by atoms with E-state index in [9.17, 15) is 4.79 Å². The number of aromatic nitrogens is 1. The van der Waals surface area contributed by atoms with Crippen LogP contribution in [0.1, 0.15) is 20.8 Å². The molecule has 0 bridgehead atoms. The van der Waals surface area contributed by atoms with Crippen molar-refractivity contribution in [2.24, 2.45) is 5.10 Å². The van der Waals surface area contributed by atoms with Crippen LogP contribution in [0.3, 0.4) is 0 Å². The molecule has 1 heterocycles. The molecule has 1 aromatic heterocycles. The lowest BCUT2D eigenvalue weighted by Crippen LogP contribution is -2.18. The van der Waals surface area contributed by atoms with Gasteiger partial charge in [-0.1, -0.05) is 59.3 Å². The molecule has 2 aromatic carbocycles. The van der Waals surface area contributed by atoms with Gasteiger partial charge in [-0.05, 0) is 30.7 Å². The van der Waals surface area contributed by atoms with Crippen LogP contribution in [0.5, 0.6) is 0 Å². The number of carbonyl (C=O) groups excluding carboxylic acids is 1. The van der Waals surface area contributed by atoms with Gasteiger partial charge in [0.1, 0.15) is 0 Å². The summed E-state index contributed by atoms with van der Waals surface area (Å²) in [5.74, 6) is -0.266. The Hall–Kier alpha value is -2.70. The van der Waals surface area contributed by atoms with E-state index in [1.807, 2.05) is 55.5 Å². The van der Waals surface area contributed by atoms with Crippen molar-refractivity contribution in [2.75, 3.05) is 5.32 Å². The molecule has 2 N–H and O–H groups in total. The maximum Gasteiger partial charge on any atom is 0.271 e. The van der Waals surface area contributed by atoms with E-state index in [-0.39, 0.29) is 5.91 Å². The molecule has 3 rings (SSSR count). The highest BCUT2D eigenvalue weighted by molar-refractivity contribution is 7.17. The highest BCUT2D eigenvalue weighted by atomic mass is 35.5. The van der Waals surface area contributed by atoms with Crippen molar-refractivity contribution in [3.8, 4) is 0 Å². The zero-order chi connectivity index (χ0) is 17.6. The topological polar surface area (TPSA) is 66.4 Å². The Morgan fingerprint density at radius 1 is 1.16 bits per heavy atom. The van der Waals surface area contributed by atoms with E-state index in [1.165, 1.54) is 17.6 Å².